The van der Waals surface area contributed by atoms with Crippen molar-refractivity contribution in [2.24, 2.45) is 0 Å². The summed E-state index contributed by atoms with van der Waals surface area (Å²) in [5, 5.41) is 5.94. The van der Waals surface area contributed by atoms with Crippen molar-refractivity contribution >= 4 is 11.8 Å². The summed E-state index contributed by atoms with van der Waals surface area (Å²) in [6.07, 6.45) is 1.78. The molecule has 110 valence electrons. The topological polar surface area (TPSA) is 70.7 Å². The summed E-state index contributed by atoms with van der Waals surface area (Å²) < 4.78 is 4.88. The highest BCUT2D eigenvalue weighted by atomic mass is 16.5. The Morgan fingerprint density at radius 1 is 1.58 bits per heavy atom. The minimum absolute atomic E-state index is 0.0301. The van der Waals surface area contributed by atoms with Crippen LogP contribution in [0.2, 0.25) is 0 Å². The molecule has 0 aromatic heterocycles. The van der Waals surface area contributed by atoms with Crippen molar-refractivity contribution in [3.63, 3.8) is 0 Å². The highest BCUT2D eigenvalue weighted by molar-refractivity contribution is 5.90. The summed E-state index contributed by atoms with van der Waals surface area (Å²) in [5.74, 6) is -0.0926. The van der Waals surface area contributed by atoms with Gasteiger partial charge in [-0.3, -0.25) is 9.59 Å². The number of nitrogens with zero attached hydrogens (tertiary/aromatic N) is 1. The van der Waals surface area contributed by atoms with Crippen molar-refractivity contribution < 1.29 is 14.3 Å². The Kier molecular flexibility index (Phi) is 6.80. The molecule has 1 saturated heterocycles. The summed E-state index contributed by atoms with van der Waals surface area (Å²) in [7, 11) is 1.59. The van der Waals surface area contributed by atoms with E-state index in [0.29, 0.717) is 19.7 Å². The number of ether oxygens (including phenoxy) is 1. The molecule has 1 aliphatic heterocycles. The summed E-state index contributed by atoms with van der Waals surface area (Å²) in [6.45, 7) is 6.12. The molecule has 2 unspecified atom stereocenters. The van der Waals surface area contributed by atoms with Crippen LogP contribution in [0.3, 0.4) is 0 Å². The molecule has 1 aliphatic rings. The molecule has 2 amide bonds. The van der Waals surface area contributed by atoms with Gasteiger partial charge in [0, 0.05) is 20.2 Å². The fraction of sp³-hybridized carbons (Fsp3) is 0.846. The Morgan fingerprint density at radius 3 is 2.95 bits per heavy atom. The summed E-state index contributed by atoms with van der Waals surface area (Å²) in [4.78, 5) is 25.9. The van der Waals surface area contributed by atoms with Crippen LogP contribution >= 0.6 is 0 Å². The molecule has 6 heteroatoms. The standard InChI is InChI=1S/C13H25N3O3/c1-4-14-11-6-5-8-16(13(11)18)10(2)12(17)15-7-9-19-3/h10-11,14H,4-9H2,1-3H3,(H,15,17). The van der Waals surface area contributed by atoms with Gasteiger partial charge in [0.1, 0.15) is 6.04 Å². The van der Waals surface area contributed by atoms with Gasteiger partial charge in [0.05, 0.1) is 12.6 Å². The molecule has 6 nitrogen and oxygen atoms in total. The molecule has 1 heterocycles. The van der Waals surface area contributed by atoms with Crippen LogP contribution in [-0.2, 0) is 14.3 Å². The van der Waals surface area contributed by atoms with Crippen molar-refractivity contribution in [3.05, 3.63) is 0 Å². The third-order valence-corrected chi connectivity index (χ3v) is 3.38. The third kappa shape index (κ3) is 4.47. The van der Waals surface area contributed by atoms with E-state index >= 15 is 0 Å². The lowest BCUT2D eigenvalue weighted by Gasteiger charge is -2.36. The number of nitrogens with one attached hydrogen (secondary N) is 2. The van der Waals surface area contributed by atoms with Gasteiger partial charge in [-0.2, -0.15) is 0 Å². The molecule has 0 spiro atoms. The summed E-state index contributed by atoms with van der Waals surface area (Å²) in [5.41, 5.74) is 0. The maximum atomic E-state index is 12.3. The maximum absolute atomic E-state index is 12.3. The Morgan fingerprint density at radius 2 is 2.32 bits per heavy atom. The second-order valence-corrected chi connectivity index (χ2v) is 4.74. The van der Waals surface area contributed by atoms with Gasteiger partial charge in [0.15, 0.2) is 0 Å². The second kappa shape index (κ2) is 8.12. The number of hydrogen-bond donors (Lipinski definition) is 2. The molecule has 0 aliphatic carbocycles. The van der Waals surface area contributed by atoms with E-state index in [0.717, 1.165) is 19.4 Å². The Bertz CT molecular complexity index is 308. The maximum Gasteiger partial charge on any atom is 0.242 e. The van der Waals surface area contributed by atoms with Crippen LogP contribution in [0.15, 0.2) is 0 Å². The van der Waals surface area contributed by atoms with E-state index in [1.807, 2.05) is 6.92 Å². The van der Waals surface area contributed by atoms with Gasteiger partial charge >= 0.3 is 0 Å². The molecule has 2 N–H and O–H groups in total. The molecule has 0 aromatic rings. The summed E-state index contributed by atoms with van der Waals surface area (Å²) >= 11 is 0. The zero-order valence-corrected chi connectivity index (χ0v) is 12.1. The van der Waals surface area contributed by atoms with Gasteiger partial charge in [-0.1, -0.05) is 6.92 Å². The number of amides is 2. The molecule has 0 bridgehead atoms. The molecule has 19 heavy (non-hydrogen) atoms. The molecule has 1 rings (SSSR count). The van der Waals surface area contributed by atoms with Crippen LogP contribution in [-0.4, -0.2) is 62.1 Å². The Labute approximate surface area is 114 Å². The fourth-order valence-electron chi connectivity index (χ4n) is 2.29. The molecule has 0 saturated carbocycles. The van der Waals surface area contributed by atoms with Gasteiger partial charge in [-0.05, 0) is 26.3 Å². The largest absolute Gasteiger partial charge is 0.383 e. The average molecular weight is 271 g/mol. The zero-order valence-electron chi connectivity index (χ0n) is 12.1. The molecule has 0 aromatic carbocycles. The number of likely N-dealkylation sites (tertiary alicyclic amines) is 1. The van der Waals surface area contributed by atoms with Crippen LogP contribution in [0.1, 0.15) is 26.7 Å². The number of rotatable bonds is 7. The monoisotopic (exact) mass is 271 g/mol. The van der Waals surface area contributed by atoms with E-state index < -0.39 is 6.04 Å². The summed E-state index contributed by atoms with van der Waals surface area (Å²) in [6, 6.07) is -0.571. The van der Waals surface area contributed by atoms with Crippen molar-refractivity contribution in [1.82, 2.24) is 15.5 Å². The molecule has 2 atom stereocenters. The van der Waals surface area contributed by atoms with Crippen LogP contribution in [0.25, 0.3) is 0 Å². The number of piperidine rings is 1. The van der Waals surface area contributed by atoms with Gasteiger partial charge in [-0.15, -0.1) is 0 Å². The van der Waals surface area contributed by atoms with Gasteiger partial charge in [0.2, 0.25) is 11.8 Å². The first-order valence-corrected chi connectivity index (χ1v) is 6.92. The van der Waals surface area contributed by atoms with E-state index in [4.69, 9.17) is 4.74 Å². The highest BCUT2D eigenvalue weighted by Gasteiger charge is 2.33. The van der Waals surface area contributed by atoms with E-state index in [2.05, 4.69) is 10.6 Å². The SMILES string of the molecule is CCNC1CCCN(C(C)C(=O)NCCOC)C1=O. The van der Waals surface area contributed by atoms with E-state index in [1.54, 1.807) is 18.9 Å². The molecular formula is C13H25N3O3. The Hall–Kier alpha value is -1.14. The Balaban J connectivity index is 2.52. The number of carbonyl (C=O) groups excluding carboxylic acids is 2. The highest BCUT2D eigenvalue weighted by Crippen LogP contribution is 2.14. The van der Waals surface area contributed by atoms with Gasteiger partial charge in [0.25, 0.3) is 0 Å². The lowest BCUT2D eigenvalue weighted by molar-refractivity contribution is -0.143. The number of methoxy groups -OCH3 is 1. The first kappa shape index (κ1) is 15.9. The normalized spacial score (nSPS) is 21.3. The van der Waals surface area contributed by atoms with Crippen molar-refractivity contribution in [1.29, 1.82) is 0 Å². The third-order valence-electron chi connectivity index (χ3n) is 3.38. The van der Waals surface area contributed by atoms with Gasteiger partial charge < -0.3 is 20.3 Å². The van der Waals surface area contributed by atoms with Crippen molar-refractivity contribution in [2.45, 2.75) is 38.8 Å². The van der Waals surface area contributed by atoms with Crippen molar-refractivity contribution in [2.75, 3.05) is 33.4 Å². The quantitative estimate of drug-likeness (QED) is 0.626. The van der Waals surface area contributed by atoms with E-state index in [1.165, 1.54) is 0 Å². The first-order chi connectivity index (χ1) is 9.11. The van der Waals surface area contributed by atoms with E-state index in [-0.39, 0.29) is 17.9 Å². The average Bonchev–Trinajstić information content (AvgIpc) is 2.41. The van der Waals surface area contributed by atoms with Crippen LogP contribution in [0.4, 0.5) is 0 Å². The fourth-order valence-corrected chi connectivity index (χ4v) is 2.29. The van der Waals surface area contributed by atoms with Crippen LogP contribution < -0.4 is 10.6 Å². The first-order valence-electron chi connectivity index (χ1n) is 6.92. The zero-order chi connectivity index (χ0) is 14.3. The minimum Gasteiger partial charge on any atom is -0.383 e. The predicted molar refractivity (Wildman–Crippen MR) is 72.8 cm³/mol. The number of likely N-dealkylation sites (N-methyl/N-ethyl adjacent to an activating group) is 1. The smallest absolute Gasteiger partial charge is 0.242 e. The second-order valence-electron chi connectivity index (χ2n) is 4.74. The van der Waals surface area contributed by atoms with Crippen LogP contribution in [0.5, 0.6) is 0 Å². The lowest BCUT2D eigenvalue weighted by atomic mass is 10.0. The minimum atomic E-state index is -0.425. The van der Waals surface area contributed by atoms with E-state index in [9.17, 15) is 9.59 Å². The predicted octanol–water partition coefficient (Wildman–Crippen LogP) is -0.262. The number of hydrogen-bond acceptors (Lipinski definition) is 4. The van der Waals surface area contributed by atoms with Crippen LogP contribution in [0, 0.1) is 0 Å². The lowest BCUT2D eigenvalue weighted by Crippen LogP contribution is -2.57. The van der Waals surface area contributed by atoms with Gasteiger partial charge in [-0.25, -0.2) is 0 Å². The van der Waals surface area contributed by atoms with Crippen molar-refractivity contribution in [3.8, 4) is 0 Å². The molecule has 0 radical (unpaired) electrons. The molecule has 1 fully saturated rings. The molecular weight excluding hydrogens is 246 g/mol. The number of carbonyl (C=O) groups is 2.